The van der Waals surface area contributed by atoms with Gasteiger partial charge in [-0.15, -0.1) is 0 Å². The summed E-state index contributed by atoms with van der Waals surface area (Å²) in [5.74, 6) is 0.850. The van der Waals surface area contributed by atoms with E-state index in [9.17, 15) is 8.42 Å². The third-order valence-corrected chi connectivity index (χ3v) is 7.11. The van der Waals surface area contributed by atoms with Crippen molar-refractivity contribution in [2.24, 2.45) is 7.05 Å². The van der Waals surface area contributed by atoms with E-state index in [-0.39, 0.29) is 4.75 Å². The molecule has 0 bridgehead atoms. The van der Waals surface area contributed by atoms with Crippen molar-refractivity contribution in [3.63, 3.8) is 0 Å². The van der Waals surface area contributed by atoms with Crippen molar-refractivity contribution in [1.82, 2.24) is 14.2 Å². The number of thioether (sulfide) groups is 1. The molecule has 7 heteroatoms. The normalized spacial score (nSPS) is 20.4. The Kier molecular flexibility index (Phi) is 5.07. The molecular weight excluding hydrogens is 306 g/mol. The fourth-order valence-electron chi connectivity index (χ4n) is 2.47. The zero-order valence-corrected chi connectivity index (χ0v) is 14.9. The van der Waals surface area contributed by atoms with Gasteiger partial charge in [0.1, 0.15) is 4.90 Å². The monoisotopic (exact) mass is 331 g/mol. The Morgan fingerprint density at radius 2 is 2.10 bits per heavy atom. The van der Waals surface area contributed by atoms with Crippen molar-refractivity contribution in [3.8, 4) is 0 Å². The molecule has 0 saturated carbocycles. The molecule has 0 amide bonds. The third-order valence-electron chi connectivity index (χ3n) is 3.88. The van der Waals surface area contributed by atoms with Gasteiger partial charge in [0.25, 0.3) is 0 Å². The molecule has 1 aromatic rings. The van der Waals surface area contributed by atoms with E-state index in [0.717, 1.165) is 17.9 Å². The van der Waals surface area contributed by atoms with Crippen LogP contribution in [0.4, 0.5) is 0 Å². The Labute approximate surface area is 132 Å². The Bertz CT molecular complexity index is 593. The van der Waals surface area contributed by atoms with E-state index in [0.29, 0.717) is 24.5 Å². The van der Waals surface area contributed by atoms with Crippen LogP contribution < -0.4 is 5.32 Å². The van der Waals surface area contributed by atoms with Crippen LogP contribution in [0, 0.1) is 0 Å². The maximum Gasteiger partial charge on any atom is 0.244 e. The molecule has 1 N–H and O–H groups in total. The van der Waals surface area contributed by atoms with Crippen LogP contribution in [-0.4, -0.2) is 47.9 Å². The molecule has 1 aliphatic heterocycles. The molecule has 0 radical (unpaired) electrons. The summed E-state index contributed by atoms with van der Waals surface area (Å²) in [6.07, 6.45) is 2.60. The molecule has 21 heavy (non-hydrogen) atoms. The largest absolute Gasteiger partial charge is 0.352 e. The number of aromatic nitrogens is 1. The first-order chi connectivity index (χ1) is 9.76. The standard InChI is InChI=1S/C14H25N3O2S2/c1-14(2)5-6-17(7-8-20-14)21(18,19)13-9-12(10-15-3)16(4)11-13/h9,11,15H,5-8,10H2,1-4H3. The lowest BCUT2D eigenvalue weighted by atomic mass is 10.1. The average molecular weight is 332 g/mol. The van der Waals surface area contributed by atoms with Gasteiger partial charge >= 0.3 is 0 Å². The summed E-state index contributed by atoms with van der Waals surface area (Å²) in [7, 11) is 0.354. The molecule has 2 heterocycles. The number of hydrogen-bond acceptors (Lipinski definition) is 4. The summed E-state index contributed by atoms with van der Waals surface area (Å²) < 4.78 is 29.3. The fourth-order valence-corrected chi connectivity index (χ4v) is 5.22. The van der Waals surface area contributed by atoms with Gasteiger partial charge in [0.05, 0.1) is 0 Å². The van der Waals surface area contributed by atoms with Crippen molar-refractivity contribution < 1.29 is 8.42 Å². The van der Waals surface area contributed by atoms with Gasteiger partial charge < -0.3 is 9.88 Å². The van der Waals surface area contributed by atoms with Crippen molar-refractivity contribution in [3.05, 3.63) is 18.0 Å². The minimum Gasteiger partial charge on any atom is -0.352 e. The van der Waals surface area contributed by atoms with Crippen LogP contribution in [0.1, 0.15) is 26.0 Å². The van der Waals surface area contributed by atoms with Crippen LogP contribution in [0.3, 0.4) is 0 Å². The van der Waals surface area contributed by atoms with E-state index in [4.69, 9.17) is 0 Å². The number of nitrogens with zero attached hydrogens (tertiary/aromatic N) is 2. The van der Waals surface area contributed by atoms with Crippen molar-refractivity contribution in [2.45, 2.75) is 36.5 Å². The lowest BCUT2D eigenvalue weighted by molar-refractivity contribution is 0.415. The molecule has 2 rings (SSSR count). The summed E-state index contributed by atoms with van der Waals surface area (Å²) >= 11 is 1.85. The second-order valence-electron chi connectivity index (χ2n) is 6.07. The number of rotatable bonds is 4. The minimum absolute atomic E-state index is 0.151. The first kappa shape index (κ1) is 16.9. The molecule has 0 unspecified atom stereocenters. The highest BCUT2D eigenvalue weighted by atomic mass is 32.2. The molecule has 120 valence electrons. The predicted molar refractivity (Wildman–Crippen MR) is 88.1 cm³/mol. The van der Waals surface area contributed by atoms with Gasteiger partial charge in [0, 0.05) is 49.1 Å². The Hall–Kier alpha value is -0.500. The van der Waals surface area contributed by atoms with Crippen molar-refractivity contribution >= 4 is 21.8 Å². The van der Waals surface area contributed by atoms with E-state index >= 15 is 0 Å². The molecule has 0 aliphatic carbocycles. The summed E-state index contributed by atoms with van der Waals surface area (Å²) in [5, 5.41) is 3.06. The highest BCUT2D eigenvalue weighted by molar-refractivity contribution is 8.00. The van der Waals surface area contributed by atoms with Gasteiger partial charge in [-0.2, -0.15) is 16.1 Å². The predicted octanol–water partition coefficient (Wildman–Crippen LogP) is 1.65. The van der Waals surface area contributed by atoms with Crippen LogP contribution in [0.2, 0.25) is 0 Å². The van der Waals surface area contributed by atoms with Gasteiger partial charge in [-0.05, 0) is 19.5 Å². The summed E-state index contributed by atoms with van der Waals surface area (Å²) in [5.41, 5.74) is 0.973. The quantitative estimate of drug-likeness (QED) is 0.911. The first-order valence-electron chi connectivity index (χ1n) is 7.20. The number of aryl methyl sites for hydroxylation is 1. The average Bonchev–Trinajstić information content (AvgIpc) is 2.65. The minimum atomic E-state index is -3.38. The molecule has 0 aromatic carbocycles. The van der Waals surface area contributed by atoms with Gasteiger partial charge in [-0.3, -0.25) is 0 Å². The van der Waals surface area contributed by atoms with Crippen LogP contribution in [0.25, 0.3) is 0 Å². The molecule has 0 atom stereocenters. The maximum atomic E-state index is 12.8. The van der Waals surface area contributed by atoms with Crippen molar-refractivity contribution in [1.29, 1.82) is 0 Å². The van der Waals surface area contributed by atoms with Crippen LogP contribution in [0.5, 0.6) is 0 Å². The molecular formula is C14H25N3O2S2. The van der Waals surface area contributed by atoms with E-state index in [2.05, 4.69) is 19.2 Å². The van der Waals surface area contributed by atoms with Crippen molar-refractivity contribution in [2.75, 3.05) is 25.9 Å². The third kappa shape index (κ3) is 3.83. The highest BCUT2D eigenvalue weighted by Gasteiger charge is 2.31. The second kappa shape index (κ2) is 6.32. The van der Waals surface area contributed by atoms with Crippen LogP contribution in [0.15, 0.2) is 17.2 Å². The second-order valence-corrected chi connectivity index (χ2v) is 9.81. The van der Waals surface area contributed by atoms with E-state index in [1.54, 1.807) is 16.6 Å². The number of hydrogen-bond donors (Lipinski definition) is 1. The molecule has 5 nitrogen and oxygen atoms in total. The zero-order chi connectivity index (χ0) is 15.7. The van der Waals surface area contributed by atoms with Gasteiger partial charge in [0.15, 0.2) is 0 Å². The zero-order valence-electron chi connectivity index (χ0n) is 13.2. The van der Waals surface area contributed by atoms with Gasteiger partial charge in [-0.25, -0.2) is 8.42 Å². The lowest BCUT2D eigenvalue weighted by Gasteiger charge is -2.22. The van der Waals surface area contributed by atoms with Gasteiger partial charge in [0.2, 0.25) is 10.0 Å². The number of sulfonamides is 1. The van der Waals surface area contributed by atoms with E-state index in [1.807, 2.05) is 30.4 Å². The van der Waals surface area contributed by atoms with E-state index in [1.165, 1.54) is 0 Å². The summed E-state index contributed by atoms with van der Waals surface area (Å²) in [6, 6.07) is 1.77. The summed E-state index contributed by atoms with van der Waals surface area (Å²) in [6.45, 7) is 6.21. The van der Waals surface area contributed by atoms with E-state index < -0.39 is 10.0 Å². The highest BCUT2D eigenvalue weighted by Crippen LogP contribution is 2.32. The van der Waals surface area contributed by atoms with Crippen LogP contribution in [-0.2, 0) is 23.6 Å². The Balaban J connectivity index is 2.23. The smallest absolute Gasteiger partial charge is 0.244 e. The summed E-state index contributed by atoms with van der Waals surface area (Å²) in [4.78, 5) is 0.403. The Morgan fingerprint density at radius 1 is 1.38 bits per heavy atom. The fraction of sp³-hybridized carbons (Fsp3) is 0.714. The SMILES string of the molecule is CNCc1cc(S(=O)(=O)N2CCSC(C)(C)CC2)cn1C. The molecule has 0 spiro atoms. The lowest BCUT2D eigenvalue weighted by Crippen LogP contribution is -2.33. The molecule has 1 aliphatic rings. The molecule has 1 aromatic heterocycles. The molecule has 1 fully saturated rings. The molecule has 1 saturated heterocycles. The number of nitrogens with one attached hydrogen (secondary N) is 1. The topological polar surface area (TPSA) is 54.3 Å². The Morgan fingerprint density at radius 3 is 2.76 bits per heavy atom. The van der Waals surface area contributed by atoms with Crippen LogP contribution >= 0.6 is 11.8 Å². The van der Waals surface area contributed by atoms with Gasteiger partial charge in [-0.1, -0.05) is 13.8 Å². The first-order valence-corrected chi connectivity index (χ1v) is 9.63. The maximum absolute atomic E-state index is 12.8.